The van der Waals surface area contributed by atoms with Crippen molar-refractivity contribution in [2.75, 3.05) is 0 Å². The van der Waals surface area contributed by atoms with E-state index in [0.717, 1.165) is 18.4 Å². The minimum atomic E-state index is -0.441. The second-order valence-electron chi connectivity index (χ2n) is 8.44. The highest BCUT2D eigenvalue weighted by Gasteiger charge is 2.21. The predicted molar refractivity (Wildman–Crippen MR) is 138 cm³/mol. The second-order valence-corrected chi connectivity index (χ2v) is 9.75. The third-order valence-corrected chi connectivity index (χ3v) is 6.67. The van der Waals surface area contributed by atoms with Crippen LogP contribution in [0.4, 0.5) is 0 Å². The summed E-state index contributed by atoms with van der Waals surface area (Å²) in [6.07, 6.45) is 3.46. The number of fused-ring (bicyclic) bond motifs is 1. The van der Waals surface area contributed by atoms with Crippen LogP contribution in [-0.4, -0.2) is 31.7 Å². The Balaban J connectivity index is 1.54. The molecule has 0 saturated heterocycles. The summed E-state index contributed by atoms with van der Waals surface area (Å²) in [6.45, 7) is 5.79. The fourth-order valence-electron chi connectivity index (χ4n) is 3.66. The molecule has 34 heavy (non-hydrogen) atoms. The summed E-state index contributed by atoms with van der Waals surface area (Å²) >= 11 is 1.26. The zero-order valence-electron chi connectivity index (χ0n) is 19.6. The molecule has 1 amide bonds. The molecule has 6 nitrogen and oxygen atoms in total. The zero-order chi connectivity index (χ0) is 24.1. The molecule has 174 valence electrons. The molecule has 0 aliphatic carbocycles. The van der Waals surface area contributed by atoms with Crippen molar-refractivity contribution in [3.8, 4) is 5.82 Å². The van der Waals surface area contributed by atoms with E-state index >= 15 is 0 Å². The fraction of sp³-hybridized carbons (Fsp3) is 0.259. The number of carbonyl (C=O) groups excluding carboxylic acids is 1. The summed E-state index contributed by atoms with van der Waals surface area (Å²) in [5, 5.41) is 3.62. The fourth-order valence-corrected chi connectivity index (χ4v) is 4.58. The Bertz CT molecular complexity index is 1340. The molecular formula is C27H28N4O2S. The van der Waals surface area contributed by atoms with Gasteiger partial charge in [-0.15, -0.1) is 0 Å². The van der Waals surface area contributed by atoms with Crippen molar-refractivity contribution >= 4 is 28.6 Å². The second kappa shape index (κ2) is 10.7. The summed E-state index contributed by atoms with van der Waals surface area (Å²) in [5.74, 6) is 0.400. The number of aryl methyl sites for hydroxylation is 2. The molecule has 0 bridgehead atoms. The Kier molecular flexibility index (Phi) is 7.43. The summed E-state index contributed by atoms with van der Waals surface area (Å²) < 4.78 is 1.50. The largest absolute Gasteiger partial charge is 0.353 e. The predicted octanol–water partition coefficient (Wildman–Crippen LogP) is 4.71. The number of para-hydroxylation sites is 1. The quantitative estimate of drug-likeness (QED) is 0.297. The SMILES string of the molecule is Cc1ccc(-n2c(SC(C)C(=O)NC(C)CCc3ccccc3)nc3ccccc3c2=O)nc1. The number of thioether (sulfide) groups is 1. The lowest BCUT2D eigenvalue weighted by Gasteiger charge is -2.19. The average molecular weight is 473 g/mol. The van der Waals surface area contributed by atoms with Crippen molar-refractivity contribution in [2.24, 2.45) is 0 Å². The van der Waals surface area contributed by atoms with Crippen LogP contribution in [0, 0.1) is 6.92 Å². The first kappa shape index (κ1) is 23.7. The van der Waals surface area contributed by atoms with Gasteiger partial charge in [-0.1, -0.05) is 60.3 Å². The van der Waals surface area contributed by atoms with Gasteiger partial charge in [0.25, 0.3) is 5.56 Å². The maximum atomic E-state index is 13.4. The Labute approximate surface area is 203 Å². The number of nitrogens with zero attached hydrogens (tertiary/aromatic N) is 3. The van der Waals surface area contributed by atoms with Gasteiger partial charge in [0.1, 0.15) is 5.82 Å². The van der Waals surface area contributed by atoms with E-state index in [2.05, 4.69) is 22.4 Å². The number of amides is 1. The monoisotopic (exact) mass is 472 g/mol. The summed E-state index contributed by atoms with van der Waals surface area (Å²) in [7, 11) is 0. The molecule has 0 spiro atoms. The van der Waals surface area contributed by atoms with Crippen molar-refractivity contribution < 1.29 is 4.79 Å². The van der Waals surface area contributed by atoms with Crippen molar-refractivity contribution in [1.29, 1.82) is 0 Å². The number of pyridine rings is 1. The van der Waals surface area contributed by atoms with E-state index in [-0.39, 0.29) is 17.5 Å². The van der Waals surface area contributed by atoms with Gasteiger partial charge in [0.15, 0.2) is 5.16 Å². The highest BCUT2D eigenvalue weighted by atomic mass is 32.2. The topological polar surface area (TPSA) is 76.9 Å². The van der Waals surface area contributed by atoms with E-state index in [9.17, 15) is 9.59 Å². The van der Waals surface area contributed by atoms with Crippen molar-refractivity contribution in [3.05, 3.63) is 94.4 Å². The first-order valence-electron chi connectivity index (χ1n) is 11.4. The summed E-state index contributed by atoms with van der Waals surface area (Å²) in [4.78, 5) is 35.5. The molecule has 2 aromatic carbocycles. The van der Waals surface area contributed by atoms with Crippen LogP contribution in [0.2, 0.25) is 0 Å². The van der Waals surface area contributed by atoms with Gasteiger partial charge >= 0.3 is 0 Å². The van der Waals surface area contributed by atoms with Gasteiger partial charge in [0, 0.05) is 12.2 Å². The lowest BCUT2D eigenvalue weighted by atomic mass is 10.1. The Morgan fingerprint density at radius 2 is 1.76 bits per heavy atom. The van der Waals surface area contributed by atoms with Gasteiger partial charge in [0.2, 0.25) is 5.91 Å². The molecule has 1 N–H and O–H groups in total. The van der Waals surface area contributed by atoms with E-state index in [1.807, 2.05) is 63.2 Å². The number of hydrogen-bond donors (Lipinski definition) is 1. The third-order valence-electron chi connectivity index (χ3n) is 5.62. The molecule has 0 radical (unpaired) electrons. The highest BCUT2D eigenvalue weighted by molar-refractivity contribution is 8.00. The standard InChI is InChI=1S/C27H28N4O2S/c1-18-13-16-24(28-17-18)31-26(33)22-11-7-8-12-23(22)30-27(31)34-20(3)25(32)29-19(2)14-15-21-9-5-4-6-10-21/h4-13,16-17,19-20H,14-15H2,1-3H3,(H,29,32). The smallest absolute Gasteiger partial charge is 0.267 e. The van der Waals surface area contributed by atoms with Crippen LogP contribution in [0.3, 0.4) is 0 Å². The summed E-state index contributed by atoms with van der Waals surface area (Å²) in [6, 6.07) is 21.2. The first-order chi connectivity index (χ1) is 16.4. The minimum absolute atomic E-state index is 0.0290. The van der Waals surface area contributed by atoms with Crippen LogP contribution in [0.25, 0.3) is 16.7 Å². The van der Waals surface area contributed by atoms with Crippen LogP contribution in [-0.2, 0) is 11.2 Å². The van der Waals surface area contributed by atoms with Crippen LogP contribution in [0.5, 0.6) is 0 Å². The Morgan fingerprint density at radius 1 is 1.03 bits per heavy atom. The van der Waals surface area contributed by atoms with Gasteiger partial charge in [-0.3, -0.25) is 9.59 Å². The maximum Gasteiger partial charge on any atom is 0.267 e. The minimum Gasteiger partial charge on any atom is -0.353 e. The van der Waals surface area contributed by atoms with Gasteiger partial charge in [-0.05, 0) is 62.9 Å². The van der Waals surface area contributed by atoms with Gasteiger partial charge in [0.05, 0.1) is 16.2 Å². The lowest BCUT2D eigenvalue weighted by Crippen LogP contribution is -2.38. The number of hydrogen-bond acceptors (Lipinski definition) is 5. The van der Waals surface area contributed by atoms with E-state index < -0.39 is 5.25 Å². The third kappa shape index (κ3) is 5.54. The molecule has 2 atom stereocenters. The number of nitrogens with one attached hydrogen (secondary N) is 1. The normalized spacial score (nSPS) is 12.9. The molecule has 4 aromatic rings. The molecule has 4 rings (SSSR count). The van der Waals surface area contributed by atoms with Gasteiger partial charge in [-0.2, -0.15) is 0 Å². The number of carbonyl (C=O) groups is 1. The van der Waals surface area contributed by atoms with Crippen LogP contribution < -0.4 is 10.9 Å². The number of rotatable bonds is 8. The van der Waals surface area contributed by atoms with E-state index in [0.29, 0.717) is 21.9 Å². The van der Waals surface area contributed by atoms with E-state index in [1.165, 1.54) is 21.9 Å². The van der Waals surface area contributed by atoms with Crippen LogP contribution >= 0.6 is 11.8 Å². The van der Waals surface area contributed by atoms with Crippen molar-refractivity contribution in [2.45, 2.75) is 50.1 Å². The Morgan fingerprint density at radius 3 is 2.50 bits per heavy atom. The van der Waals surface area contributed by atoms with E-state index in [4.69, 9.17) is 4.98 Å². The molecule has 0 saturated carbocycles. The van der Waals surface area contributed by atoms with Crippen molar-refractivity contribution in [1.82, 2.24) is 19.9 Å². The van der Waals surface area contributed by atoms with E-state index in [1.54, 1.807) is 18.3 Å². The lowest BCUT2D eigenvalue weighted by molar-refractivity contribution is -0.120. The zero-order valence-corrected chi connectivity index (χ0v) is 20.4. The van der Waals surface area contributed by atoms with Crippen LogP contribution in [0.15, 0.2) is 82.9 Å². The Hall–Kier alpha value is -3.45. The molecule has 7 heteroatoms. The molecule has 0 aliphatic heterocycles. The van der Waals surface area contributed by atoms with Gasteiger partial charge < -0.3 is 5.32 Å². The average Bonchev–Trinajstić information content (AvgIpc) is 2.84. The van der Waals surface area contributed by atoms with Crippen molar-refractivity contribution in [3.63, 3.8) is 0 Å². The molecule has 2 unspecified atom stereocenters. The van der Waals surface area contributed by atoms with Crippen LogP contribution in [0.1, 0.15) is 31.4 Å². The molecule has 2 heterocycles. The number of benzene rings is 2. The number of aromatic nitrogens is 3. The van der Waals surface area contributed by atoms with Gasteiger partial charge in [-0.25, -0.2) is 14.5 Å². The molecular weight excluding hydrogens is 444 g/mol. The maximum absolute atomic E-state index is 13.4. The molecule has 0 aliphatic rings. The summed E-state index contributed by atoms with van der Waals surface area (Å²) in [5.41, 5.74) is 2.65. The molecule has 0 fully saturated rings. The molecule has 2 aromatic heterocycles. The highest BCUT2D eigenvalue weighted by Crippen LogP contribution is 2.25. The first-order valence-corrected chi connectivity index (χ1v) is 12.3.